The highest BCUT2D eigenvalue weighted by Crippen LogP contribution is 2.41. The number of amides is 2. The van der Waals surface area contributed by atoms with Gasteiger partial charge in [-0.2, -0.15) is 0 Å². The Hall–Kier alpha value is -2.57. The van der Waals surface area contributed by atoms with Crippen molar-refractivity contribution in [2.75, 3.05) is 20.2 Å². The van der Waals surface area contributed by atoms with Gasteiger partial charge in [0.15, 0.2) is 5.60 Å². The third-order valence-corrected chi connectivity index (χ3v) is 5.24. The molecular weight excluding hydrogens is 334 g/mol. The average molecular weight is 357 g/mol. The first-order valence-corrected chi connectivity index (χ1v) is 9.01. The summed E-state index contributed by atoms with van der Waals surface area (Å²) < 4.78 is 4.68. The summed E-state index contributed by atoms with van der Waals surface area (Å²) in [5, 5.41) is 6.89. The van der Waals surface area contributed by atoms with Gasteiger partial charge >= 0.3 is 6.09 Å². The quantitative estimate of drug-likeness (QED) is 0.870. The fourth-order valence-corrected chi connectivity index (χ4v) is 3.63. The van der Waals surface area contributed by atoms with E-state index < -0.39 is 12.1 Å². The summed E-state index contributed by atoms with van der Waals surface area (Å²) >= 11 is 0. The molecule has 1 atom stereocenters. The monoisotopic (exact) mass is 357 g/mol. The maximum Gasteiger partial charge on any atom is 0.407 e. The van der Waals surface area contributed by atoms with E-state index in [1.165, 1.54) is 20.0 Å². The molecule has 2 aliphatic heterocycles. The van der Waals surface area contributed by atoms with Gasteiger partial charge in [0, 0.05) is 18.8 Å². The number of hydrogen-bond acceptors (Lipinski definition) is 5. The number of alkyl carbamates (subject to hydrolysis) is 1. The van der Waals surface area contributed by atoms with Crippen LogP contribution in [0.3, 0.4) is 0 Å². The fourth-order valence-electron chi connectivity index (χ4n) is 3.63. The molecule has 138 valence electrons. The van der Waals surface area contributed by atoms with Crippen molar-refractivity contribution in [3.63, 3.8) is 0 Å². The van der Waals surface area contributed by atoms with Crippen LogP contribution in [0, 0.1) is 5.92 Å². The first kappa shape index (κ1) is 16.9. The summed E-state index contributed by atoms with van der Waals surface area (Å²) in [5.41, 5.74) is 1.77. The lowest BCUT2D eigenvalue weighted by atomic mass is 9.87. The number of rotatable bonds is 5. The minimum atomic E-state index is -0.660. The van der Waals surface area contributed by atoms with Crippen molar-refractivity contribution in [2.45, 2.75) is 37.3 Å². The van der Waals surface area contributed by atoms with Crippen LogP contribution < -0.4 is 5.32 Å². The van der Waals surface area contributed by atoms with E-state index in [0.717, 1.165) is 17.7 Å². The standard InChI is InChI=1S/C19H23N3O4/c1-25-18(24)20-15(9-13-5-3-2-4-6-13)17(23)22-11-19(12-22)10-16(21-26-19)14-7-8-14/h2-6,14-15H,7-12H2,1H3,(H,20,24). The van der Waals surface area contributed by atoms with E-state index in [1.54, 1.807) is 4.90 Å². The Labute approximate surface area is 152 Å². The lowest BCUT2D eigenvalue weighted by Gasteiger charge is -2.46. The summed E-state index contributed by atoms with van der Waals surface area (Å²) in [6.45, 7) is 1.03. The lowest BCUT2D eigenvalue weighted by Crippen LogP contribution is -2.66. The second-order valence-electron chi connectivity index (χ2n) is 7.38. The topological polar surface area (TPSA) is 80.2 Å². The Kier molecular flexibility index (Phi) is 4.30. The molecule has 0 radical (unpaired) electrons. The van der Waals surface area contributed by atoms with E-state index in [9.17, 15) is 9.59 Å². The van der Waals surface area contributed by atoms with Gasteiger partial charge in [0.25, 0.3) is 0 Å². The van der Waals surface area contributed by atoms with Crippen LogP contribution in [0.2, 0.25) is 0 Å². The molecule has 1 saturated heterocycles. The third kappa shape index (κ3) is 3.38. The molecule has 7 nitrogen and oxygen atoms in total. The molecule has 26 heavy (non-hydrogen) atoms. The maximum absolute atomic E-state index is 12.9. The van der Waals surface area contributed by atoms with Crippen LogP contribution in [0.4, 0.5) is 4.79 Å². The van der Waals surface area contributed by atoms with Gasteiger partial charge in [-0.05, 0) is 18.4 Å². The number of oxime groups is 1. The van der Waals surface area contributed by atoms with Crippen LogP contribution in [0.15, 0.2) is 35.5 Å². The molecule has 1 aromatic carbocycles. The van der Waals surface area contributed by atoms with Crippen molar-refractivity contribution in [2.24, 2.45) is 11.1 Å². The zero-order chi connectivity index (χ0) is 18.1. The number of carbonyl (C=O) groups is 2. The number of methoxy groups -OCH3 is 1. The summed E-state index contributed by atoms with van der Waals surface area (Å²) in [6.07, 6.45) is 3.02. The summed E-state index contributed by atoms with van der Waals surface area (Å²) in [7, 11) is 1.29. The molecule has 2 heterocycles. The number of benzene rings is 1. The Morgan fingerprint density at radius 1 is 1.35 bits per heavy atom. The van der Waals surface area contributed by atoms with Gasteiger partial charge in [-0.25, -0.2) is 4.79 Å². The van der Waals surface area contributed by atoms with Crippen molar-refractivity contribution in [1.82, 2.24) is 10.2 Å². The minimum Gasteiger partial charge on any atom is -0.453 e. The number of likely N-dealkylation sites (tertiary alicyclic amines) is 1. The lowest BCUT2D eigenvalue weighted by molar-refractivity contribution is -0.163. The van der Waals surface area contributed by atoms with E-state index in [0.29, 0.717) is 25.4 Å². The number of nitrogens with one attached hydrogen (secondary N) is 1. The molecule has 0 bridgehead atoms. The Balaban J connectivity index is 1.38. The fraction of sp³-hybridized carbons (Fsp3) is 0.526. The second kappa shape index (κ2) is 6.63. The van der Waals surface area contributed by atoms with Gasteiger partial charge in [0.05, 0.1) is 25.9 Å². The minimum absolute atomic E-state index is 0.117. The largest absolute Gasteiger partial charge is 0.453 e. The van der Waals surface area contributed by atoms with E-state index in [1.807, 2.05) is 30.3 Å². The van der Waals surface area contributed by atoms with E-state index in [-0.39, 0.29) is 11.5 Å². The number of nitrogens with zero attached hydrogens (tertiary/aromatic N) is 2. The van der Waals surface area contributed by atoms with Crippen molar-refractivity contribution in [3.8, 4) is 0 Å². The molecule has 1 spiro atoms. The first-order chi connectivity index (χ1) is 12.6. The molecule has 1 aromatic rings. The van der Waals surface area contributed by atoms with Crippen LogP contribution in [0.5, 0.6) is 0 Å². The third-order valence-electron chi connectivity index (χ3n) is 5.24. The number of carbonyl (C=O) groups excluding carboxylic acids is 2. The molecule has 1 N–H and O–H groups in total. The van der Waals surface area contributed by atoms with Crippen molar-refractivity contribution < 1.29 is 19.2 Å². The highest BCUT2D eigenvalue weighted by Gasteiger charge is 2.54. The van der Waals surface area contributed by atoms with E-state index >= 15 is 0 Å². The predicted molar refractivity (Wildman–Crippen MR) is 94.6 cm³/mol. The van der Waals surface area contributed by atoms with Gasteiger partial charge in [-0.3, -0.25) is 4.79 Å². The van der Waals surface area contributed by atoms with Crippen LogP contribution in [0.25, 0.3) is 0 Å². The highest BCUT2D eigenvalue weighted by atomic mass is 16.7. The Morgan fingerprint density at radius 2 is 2.08 bits per heavy atom. The van der Waals surface area contributed by atoms with Gasteiger partial charge in [-0.1, -0.05) is 35.5 Å². The first-order valence-electron chi connectivity index (χ1n) is 9.01. The summed E-state index contributed by atoms with van der Waals surface area (Å²) in [5.74, 6) is 0.472. The Bertz CT molecular complexity index is 724. The van der Waals surface area contributed by atoms with E-state index in [2.05, 4.69) is 15.2 Å². The van der Waals surface area contributed by atoms with Crippen molar-refractivity contribution in [1.29, 1.82) is 0 Å². The van der Waals surface area contributed by atoms with Crippen LogP contribution in [-0.4, -0.2) is 54.5 Å². The highest BCUT2D eigenvalue weighted by molar-refractivity contribution is 5.91. The molecule has 0 aromatic heterocycles. The molecule has 7 heteroatoms. The van der Waals surface area contributed by atoms with Crippen molar-refractivity contribution in [3.05, 3.63) is 35.9 Å². The number of ether oxygens (including phenoxy) is 1. The second-order valence-corrected chi connectivity index (χ2v) is 7.38. The molecular formula is C19H23N3O4. The number of hydrogen-bond donors (Lipinski definition) is 1. The van der Waals surface area contributed by atoms with Crippen LogP contribution >= 0.6 is 0 Å². The SMILES string of the molecule is COC(=O)NC(Cc1ccccc1)C(=O)N1CC2(CC(C3CC3)=NO2)C1. The van der Waals surface area contributed by atoms with Gasteiger partial charge < -0.3 is 19.8 Å². The molecule has 1 unspecified atom stereocenters. The molecule has 4 rings (SSSR count). The molecule has 3 aliphatic rings. The maximum atomic E-state index is 12.9. The average Bonchev–Trinajstić information content (AvgIpc) is 3.38. The van der Waals surface area contributed by atoms with Crippen LogP contribution in [-0.2, 0) is 20.8 Å². The summed E-state index contributed by atoms with van der Waals surface area (Å²) in [4.78, 5) is 32.0. The molecule has 2 amide bonds. The predicted octanol–water partition coefficient (Wildman–Crippen LogP) is 1.72. The Morgan fingerprint density at radius 3 is 2.73 bits per heavy atom. The van der Waals surface area contributed by atoms with E-state index in [4.69, 9.17) is 4.84 Å². The van der Waals surface area contributed by atoms with Gasteiger partial charge in [0.2, 0.25) is 5.91 Å². The molecule has 1 aliphatic carbocycles. The zero-order valence-electron chi connectivity index (χ0n) is 14.8. The zero-order valence-corrected chi connectivity index (χ0v) is 14.8. The normalized spacial score (nSPS) is 21.4. The van der Waals surface area contributed by atoms with Crippen molar-refractivity contribution >= 4 is 17.7 Å². The molecule has 1 saturated carbocycles. The van der Waals surface area contributed by atoms with Crippen LogP contribution in [0.1, 0.15) is 24.8 Å². The summed E-state index contributed by atoms with van der Waals surface area (Å²) in [6, 6.07) is 8.96. The molecule has 2 fully saturated rings. The van der Waals surface area contributed by atoms with Gasteiger partial charge in [-0.15, -0.1) is 0 Å². The van der Waals surface area contributed by atoms with Gasteiger partial charge in [0.1, 0.15) is 6.04 Å². The smallest absolute Gasteiger partial charge is 0.407 e.